The first-order valence-corrected chi connectivity index (χ1v) is 11.4. The number of fused-ring (bicyclic) bond motifs is 2. The third-order valence-electron chi connectivity index (χ3n) is 5.77. The maximum absolute atomic E-state index is 13.9. The zero-order valence-electron chi connectivity index (χ0n) is 18.4. The van der Waals surface area contributed by atoms with Gasteiger partial charge in [0.2, 0.25) is 5.91 Å². The first kappa shape index (κ1) is 22.2. The van der Waals surface area contributed by atoms with E-state index in [2.05, 4.69) is 15.4 Å². The predicted molar refractivity (Wildman–Crippen MR) is 121 cm³/mol. The lowest BCUT2D eigenvalue weighted by Gasteiger charge is -2.09. The number of methoxy groups -OCH3 is 1. The molecular weight excluding hydrogens is 466 g/mol. The van der Waals surface area contributed by atoms with Crippen molar-refractivity contribution >= 4 is 39.2 Å². The number of rotatable bonds is 6. The molecule has 0 bridgehead atoms. The highest BCUT2D eigenvalue weighted by molar-refractivity contribution is 7.17. The SMILES string of the molecule is COC(=O)c1c(NC(=O)Cn2nc(C)c3c(C(F)F)cc(-c4ccco4)nc32)sc2c1CCC2. The van der Waals surface area contributed by atoms with Gasteiger partial charge in [0.25, 0.3) is 6.43 Å². The number of nitrogens with one attached hydrogen (secondary N) is 1. The van der Waals surface area contributed by atoms with E-state index in [1.54, 1.807) is 19.1 Å². The lowest BCUT2D eigenvalue weighted by atomic mass is 10.1. The van der Waals surface area contributed by atoms with Gasteiger partial charge in [-0.1, -0.05) is 0 Å². The maximum atomic E-state index is 13.9. The van der Waals surface area contributed by atoms with Crippen molar-refractivity contribution in [2.75, 3.05) is 12.4 Å². The number of anilines is 1. The molecule has 176 valence electrons. The second-order valence-corrected chi connectivity index (χ2v) is 9.02. The highest BCUT2D eigenvalue weighted by Crippen LogP contribution is 2.39. The Morgan fingerprint density at radius 1 is 1.35 bits per heavy atom. The number of aryl methyl sites for hydroxylation is 2. The molecule has 0 fully saturated rings. The van der Waals surface area contributed by atoms with Crippen LogP contribution in [0.5, 0.6) is 0 Å². The number of nitrogens with zero attached hydrogens (tertiary/aromatic N) is 3. The summed E-state index contributed by atoms with van der Waals surface area (Å²) < 4.78 is 39.3. The molecule has 4 heterocycles. The quantitative estimate of drug-likeness (QED) is 0.389. The molecule has 0 unspecified atom stereocenters. The van der Waals surface area contributed by atoms with Crippen molar-refractivity contribution < 1.29 is 27.5 Å². The molecule has 1 amide bonds. The Bertz CT molecular complexity index is 1410. The minimum atomic E-state index is -2.76. The van der Waals surface area contributed by atoms with Crippen LogP contribution in [-0.2, 0) is 28.9 Å². The molecule has 4 aromatic rings. The topological polar surface area (TPSA) is 99.2 Å². The molecule has 0 aliphatic heterocycles. The lowest BCUT2D eigenvalue weighted by Crippen LogP contribution is -2.21. The van der Waals surface area contributed by atoms with E-state index in [0.29, 0.717) is 22.0 Å². The highest BCUT2D eigenvalue weighted by atomic mass is 32.1. The smallest absolute Gasteiger partial charge is 0.341 e. The molecule has 0 aromatic carbocycles. The Balaban J connectivity index is 1.50. The zero-order chi connectivity index (χ0) is 24.0. The van der Waals surface area contributed by atoms with Crippen LogP contribution in [0.4, 0.5) is 13.8 Å². The second kappa shape index (κ2) is 8.64. The van der Waals surface area contributed by atoms with Gasteiger partial charge in [-0.2, -0.15) is 5.10 Å². The largest absolute Gasteiger partial charge is 0.465 e. The Kier molecular flexibility index (Phi) is 5.64. The van der Waals surface area contributed by atoms with Gasteiger partial charge in [0.05, 0.1) is 30.0 Å². The average molecular weight is 487 g/mol. The van der Waals surface area contributed by atoms with Gasteiger partial charge in [0.1, 0.15) is 17.2 Å². The van der Waals surface area contributed by atoms with E-state index in [4.69, 9.17) is 9.15 Å². The van der Waals surface area contributed by atoms with Gasteiger partial charge >= 0.3 is 5.97 Å². The number of furan rings is 1. The summed E-state index contributed by atoms with van der Waals surface area (Å²) in [5.41, 5.74) is 1.77. The Morgan fingerprint density at radius 2 is 2.18 bits per heavy atom. The van der Waals surface area contributed by atoms with Crippen molar-refractivity contribution in [2.24, 2.45) is 0 Å². The van der Waals surface area contributed by atoms with Gasteiger partial charge in [-0.05, 0) is 49.9 Å². The standard InChI is InChI=1S/C23H20F2N4O4S/c1-11-18-13(20(24)25)9-14(15-6-4-8-33-15)26-21(18)29(28-11)10-17(30)27-22-19(23(31)32-2)12-5-3-7-16(12)34-22/h4,6,8-9,20H,3,5,7,10H2,1-2H3,(H,27,30). The van der Waals surface area contributed by atoms with Crippen molar-refractivity contribution in [3.63, 3.8) is 0 Å². The third-order valence-corrected chi connectivity index (χ3v) is 6.98. The normalized spacial score (nSPS) is 13.0. The Labute approximate surface area is 196 Å². The summed E-state index contributed by atoms with van der Waals surface area (Å²) in [4.78, 5) is 30.8. The molecule has 11 heteroatoms. The summed E-state index contributed by atoms with van der Waals surface area (Å²) in [7, 11) is 1.30. The first-order chi connectivity index (χ1) is 16.4. The number of hydrogen-bond acceptors (Lipinski definition) is 7. The fourth-order valence-electron chi connectivity index (χ4n) is 4.33. The molecule has 1 aliphatic rings. The highest BCUT2D eigenvalue weighted by Gasteiger charge is 2.28. The number of aromatic nitrogens is 3. The fraction of sp³-hybridized carbons (Fsp3) is 0.304. The Hall–Kier alpha value is -3.60. The molecular formula is C23H20F2N4O4S. The van der Waals surface area contributed by atoms with E-state index < -0.39 is 18.3 Å². The Morgan fingerprint density at radius 3 is 2.88 bits per heavy atom. The number of pyridine rings is 1. The molecule has 0 atom stereocenters. The van der Waals surface area contributed by atoms with E-state index in [1.807, 2.05) is 0 Å². The third kappa shape index (κ3) is 3.75. The fourth-order valence-corrected chi connectivity index (χ4v) is 5.63. The van der Waals surface area contributed by atoms with Gasteiger partial charge in [-0.15, -0.1) is 11.3 Å². The minimum Gasteiger partial charge on any atom is -0.465 e. The molecule has 0 saturated carbocycles. The molecule has 34 heavy (non-hydrogen) atoms. The van der Waals surface area contributed by atoms with E-state index >= 15 is 0 Å². The monoisotopic (exact) mass is 486 g/mol. The minimum absolute atomic E-state index is 0.152. The van der Waals surface area contributed by atoms with Crippen LogP contribution in [0.25, 0.3) is 22.5 Å². The van der Waals surface area contributed by atoms with Crippen LogP contribution >= 0.6 is 11.3 Å². The number of amides is 1. The van der Waals surface area contributed by atoms with Crippen LogP contribution in [0, 0.1) is 6.92 Å². The van der Waals surface area contributed by atoms with E-state index in [9.17, 15) is 18.4 Å². The summed E-state index contributed by atoms with van der Waals surface area (Å²) in [5.74, 6) is -0.630. The molecule has 0 saturated heterocycles. The number of alkyl halides is 2. The van der Waals surface area contributed by atoms with E-state index in [1.165, 1.54) is 35.5 Å². The molecule has 4 aromatic heterocycles. The predicted octanol–water partition coefficient (Wildman–Crippen LogP) is 4.91. The lowest BCUT2D eigenvalue weighted by molar-refractivity contribution is -0.116. The van der Waals surface area contributed by atoms with Crippen LogP contribution in [-0.4, -0.2) is 33.8 Å². The number of thiophene rings is 1. The van der Waals surface area contributed by atoms with Gasteiger partial charge in [-0.25, -0.2) is 23.2 Å². The zero-order valence-corrected chi connectivity index (χ0v) is 19.2. The summed E-state index contributed by atoms with van der Waals surface area (Å²) >= 11 is 1.36. The summed E-state index contributed by atoms with van der Waals surface area (Å²) in [6, 6.07) is 4.53. The van der Waals surface area contributed by atoms with Gasteiger partial charge in [0, 0.05) is 10.4 Å². The summed E-state index contributed by atoms with van der Waals surface area (Å²) in [5, 5.41) is 7.70. The van der Waals surface area contributed by atoms with Gasteiger partial charge in [-0.3, -0.25) is 4.79 Å². The molecule has 0 radical (unpaired) electrons. The average Bonchev–Trinajstić information content (AvgIpc) is 3.58. The molecule has 1 aliphatic carbocycles. The number of hydrogen-bond donors (Lipinski definition) is 1. The van der Waals surface area contributed by atoms with Gasteiger partial charge in [0.15, 0.2) is 11.4 Å². The molecule has 5 rings (SSSR count). The molecule has 0 spiro atoms. The van der Waals surface area contributed by atoms with Crippen LogP contribution in [0.3, 0.4) is 0 Å². The second-order valence-electron chi connectivity index (χ2n) is 7.92. The van der Waals surface area contributed by atoms with Crippen molar-refractivity contribution in [3.8, 4) is 11.5 Å². The number of halogens is 2. The van der Waals surface area contributed by atoms with Crippen molar-refractivity contribution in [1.29, 1.82) is 0 Å². The van der Waals surface area contributed by atoms with Gasteiger partial charge < -0.3 is 14.5 Å². The van der Waals surface area contributed by atoms with Crippen molar-refractivity contribution in [2.45, 2.75) is 39.2 Å². The van der Waals surface area contributed by atoms with Crippen molar-refractivity contribution in [3.05, 3.63) is 51.7 Å². The molecule has 8 nitrogen and oxygen atoms in total. The van der Waals surface area contributed by atoms with E-state index in [-0.39, 0.29) is 28.8 Å². The number of carbonyl (C=O) groups excluding carboxylic acids is 2. The summed E-state index contributed by atoms with van der Waals surface area (Å²) in [6.45, 7) is 1.32. The van der Waals surface area contributed by atoms with Crippen LogP contribution in [0.15, 0.2) is 28.9 Å². The van der Waals surface area contributed by atoms with Crippen molar-refractivity contribution in [1.82, 2.24) is 14.8 Å². The number of ether oxygens (including phenoxy) is 1. The first-order valence-electron chi connectivity index (χ1n) is 10.6. The van der Waals surface area contributed by atoms with E-state index in [0.717, 1.165) is 29.7 Å². The summed E-state index contributed by atoms with van der Waals surface area (Å²) in [6.07, 6.45) is 1.22. The van der Waals surface area contributed by atoms with Crippen LogP contribution in [0.1, 0.15) is 44.9 Å². The van der Waals surface area contributed by atoms with Crippen LogP contribution in [0.2, 0.25) is 0 Å². The number of esters is 1. The maximum Gasteiger partial charge on any atom is 0.341 e. The number of carbonyl (C=O) groups is 2. The van der Waals surface area contributed by atoms with Crippen LogP contribution < -0.4 is 5.32 Å². The molecule has 1 N–H and O–H groups in total.